The molecule has 0 aromatic heterocycles. The van der Waals surface area contributed by atoms with Gasteiger partial charge in [0.25, 0.3) is 0 Å². The lowest BCUT2D eigenvalue weighted by atomic mass is 9.89. The van der Waals surface area contributed by atoms with Crippen molar-refractivity contribution in [2.75, 3.05) is 18.9 Å². The first-order chi connectivity index (χ1) is 25.3. The number of aliphatic hydroxyl groups is 2. The van der Waals surface area contributed by atoms with Crippen LogP contribution in [-0.4, -0.2) is 46.9 Å². The summed E-state index contributed by atoms with van der Waals surface area (Å²) < 4.78 is 19.1. The third-order valence-electron chi connectivity index (χ3n) is 9.68. The van der Waals surface area contributed by atoms with Crippen LogP contribution in [0.2, 0.25) is 0 Å². The normalized spacial score (nSPS) is 19.8. The fraction of sp³-hybridized carbons (Fsp3) is 0.279. The molecule has 5 aromatic carbocycles. The smallest absolute Gasteiger partial charge is 0.319 e. The highest BCUT2D eigenvalue weighted by Crippen LogP contribution is 2.42. The summed E-state index contributed by atoms with van der Waals surface area (Å²) in [5.41, 5.74) is 5.15. The van der Waals surface area contributed by atoms with Gasteiger partial charge in [0.1, 0.15) is 11.5 Å². The van der Waals surface area contributed by atoms with Crippen molar-refractivity contribution in [3.63, 3.8) is 0 Å². The zero-order valence-corrected chi connectivity index (χ0v) is 29.8. The molecule has 5 aromatic rings. The van der Waals surface area contributed by atoms with Gasteiger partial charge in [-0.2, -0.15) is 0 Å². The molecule has 1 saturated heterocycles. The Hall–Kier alpha value is -5.03. The predicted molar refractivity (Wildman–Crippen MR) is 202 cm³/mol. The molecule has 0 radical (unpaired) electrons. The number of rotatable bonds is 13. The van der Waals surface area contributed by atoms with Crippen LogP contribution in [0.4, 0.5) is 10.5 Å². The molecule has 0 aliphatic carbocycles. The van der Waals surface area contributed by atoms with Gasteiger partial charge in [0.15, 0.2) is 6.29 Å². The maximum Gasteiger partial charge on any atom is 0.319 e. The van der Waals surface area contributed by atoms with Gasteiger partial charge < -0.3 is 35.1 Å². The molecule has 0 saturated carbocycles. The van der Waals surface area contributed by atoms with Crippen molar-refractivity contribution in [3.8, 4) is 11.5 Å². The van der Waals surface area contributed by atoms with E-state index in [0.29, 0.717) is 24.5 Å². The SMILES string of the molecule is C[C@H]1[C@@H](CN(C)[C@H](C)[C@@H](O)c2ccccc2)O[C@@H](c2ccc(CNC(=O)Nc3ccc(Oc4ccccc4)cc3)cc2)O[C@H]1c1ccc(CO)cc1. The Bertz CT molecular complexity index is 1840. The van der Waals surface area contributed by atoms with Gasteiger partial charge in [-0.1, -0.05) is 104 Å². The molecular weight excluding hydrogens is 654 g/mol. The first kappa shape index (κ1) is 36.8. The third-order valence-corrected chi connectivity index (χ3v) is 9.68. The Balaban J connectivity index is 1.09. The minimum Gasteiger partial charge on any atom is -0.457 e. The van der Waals surface area contributed by atoms with Crippen molar-refractivity contribution in [1.29, 1.82) is 0 Å². The molecule has 52 heavy (non-hydrogen) atoms. The lowest BCUT2D eigenvalue weighted by Crippen LogP contribution is -2.46. The predicted octanol–water partition coefficient (Wildman–Crippen LogP) is 8.14. The second-order valence-corrected chi connectivity index (χ2v) is 13.3. The highest BCUT2D eigenvalue weighted by atomic mass is 16.7. The monoisotopic (exact) mass is 701 g/mol. The Morgan fingerprint density at radius 2 is 1.38 bits per heavy atom. The summed E-state index contributed by atoms with van der Waals surface area (Å²) >= 11 is 0. The molecule has 9 nitrogen and oxygen atoms in total. The van der Waals surface area contributed by atoms with Gasteiger partial charge in [-0.3, -0.25) is 4.90 Å². The maximum atomic E-state index is 12.7. The second-order valence-electron chi connectivity index (χ2n) is 13.3. The van der Waals surface area contributed by atoms with E-state index in [1.165, 1.54) is 0 Å². The third kappa shape index (κ3) is 9.44. The minimum atomic E-state index is -0.651. The number of nitrogens with one attached hydrogen (secondary N) is 2. The number of urea groups is 1. The number of aliphatic hydroxyl groups excluding tert-OH is 2. The van der Waals surface area contributed by atoms with Crippen LogP contribution in [0.1, 0.15) is 60.2 Å². The summed E-state index contributed by atoms with van der Waals surface area (Å²) in [5.74, 6) is 1.42. The van der Waals surface area contributed by atoms with E-state index < -0.39 is 12.4 Å². The summed E-state index contributed by atoms with van der Waals surface area (Å²) in [6, 6.07) is 41.7. The molecule has 6 atom stereocenters. The maximum absolute atomic E-state index is 12.7. The quantitative estimate of drug-likeness (QED) is 0.0981. The number of benzene rings is 5. The Morgan fingerprint density at radius 3 is 2.04 bits per heavy atom. The zero-order valence-electron chi connectivity index (χ0n) is 29.8. The second kappa shape index (κ2) is 17.5. The average molecular weight is 702 g/mol. The Kier molecular flexibility index (Phi) is 12.3. The first-order valence-electron chi connectivity index (χ1n) is 17.7. The van der Waals surface area contributed by atoms with Crippen LogP contribution in [0.25, 0.3) is 0 Å². The lowest BCUT2D eigenvalue weighted by Gasteiger charge is -2.43. The van der Waals surface area contributed by atoms with Crippen LogP contribution in [0, 0.1) is 5.92 Å². The molecule has 1 aliphatic heterocycles. The highest BCUT2D eigenvalue weighted by Gasteiger charge is 2.39. The first-order valence-corrected chi connectivity index (χ1v) is 17.7. The molecule has 0 bridgehead atoms. The summed E-state index contributed by atoms with van der Waals surface area (Å²) in [7, 11) is 2.01. The van der Waals surface area contributed by atoms with Crippen molar-refractivity contribution >= 4 is 11.7 Å². The number of amides is 2. The molecule has 9 heteroatoms. The fourth-order valence-corrected chi connectivity index (χ4v) is 6.33. The molecule has 1 fully saturated rings. The fourth-order valence-electron chi connectivity index (χ4n) is 6.33. The number of anilines is 1. The topological polar surface area (TPSA) is 113 Å². The molecule has 1 heterocycles. The molecular formula is C43H47N3O6. The van der Waals surface area contributed by atoms with Gasteiger partial charge >= 0.3 is 6.03 Å². The molecule has 0 spiro atoms. The summed E-state index contributed by atoms with van der Waals surface area (Å²) in [4.78, 5) is 14.8. The summed E-state index contributed by atoms with van der Waals surface area (Å²) in [6.45, 7) is 5.04. The van der Waals surface area contributed by atoms with Crippen LogP contribution in [0.5, 0.6) is 11.5 Å². The van der Waals surface area contributed by atoms with Gasteiger partial charge in [0, 0.05) is 36.3 Å². The van der Waals surface area contributed by atoms with Crippen LogP contribution in [0.3, 0.4) is 0 Å². The van der Waals surface area contributed by atoms with Crippen molar-refractivity contribution in [2.45, 2.75) is 57.6 Å². The van der Waals surface area contributed by atoms with Crippen molar-refractivity contribution in [2.24, 2.45) is 5.92 Å². The number of para-hydroxylation sites is 1. The molecule has 1 aliphatic rings. The number of likely N-dealkylation sites (N-methyl/N-ethyl adjacent to an activating group) is 1. The zero-order chi connectivity index (χ0) is 36.5. The summed E-state index contributed by atoms with van der Waals surface area (Å²) in [6.07, 6.45) is -1.75. The van der Waals surface area contributed by atoms with E-state index >= 15 is 0 Å². The van der Waals surface area contributed by atoms with E-state index in [1.807, 2.05) is 135 Å². The van der Waals surface area contributed by atoms with E-state index in [9.17, 15) is 15.0 Å². The standard InChI is InChI=1S/C43H47N3O6/c1-29-39(27-46(3)30(2)40(48)33-10-6-4-7-11-33)51-42(52-41(29)34-18-16-32(28-47)17-19-34)35-20-14-31(15-21-35)26-44-43(49)45-36-22-24-38(25-23-36)50-37-12-8-5-9-13-37/h4-25,29-30,39-42,47-48H,26-28H2,1-3H3,(H2,44,45,49)/t29-,30+,39+,40+,41+,42+/m0/s1. The van der Waals surface area contributed by atoms with Gasteiger partial charge in [-0.05, 0) is 72.6 Å². The van der Waals surface area contributed by atoms with Gasteiger partial charge in [-0.25, -0.2) is 4.79 Å². The van der Waals surface area contributed by atoms with Crippen molar-refractivity contribution < 1.29 is 29.2 Å². The number of nitrogens with zero attached hydrogens (tertiary/aromatic N) is 1. The van der Waals surface area contributed by atoms with Gasteiger partial charge in [0.05, 0.1) is 24.9 Å². The van der Waals surface area contributed by atoms with E-state index in [4.69, 9.17) is 14.2 Å². The van der Waals surface area contributed by atoms with E-state index in [0.717, 1.165) is 33.6 Å². The van der Waals surface area contributed by atoms with E-state index in [2.05, 4.69) is 22.5 Å². The minimum absolute atomic E-state index is 0.00526. The largest absolute Gasteiger partial charge is 0.457 e. The molecule has 270 valence electrons. The van der Waals surface area contributed by atoms with E-state index in [-0.39, 0.29) is 36.8 Å². The molecule has 4 N–H and O–H groups in total. The molecule has 2 amide bonds. The van der Waals surface area contributed by atoms with E-state index in [1.54, 1.807) is 12.1 Å². The van der Waals surface area contributed by atoms with Crippen molar-refractivity contribution in [3.05, 3.63) is 161 Å². The lowest BCUT2D eigenvalue weighted by molar-refractivity contribution is -0.276. The van der Waals surface area contributed by atoms with Crippen LogP contribution in [-0.2, 0) is 22.6 Å². The number of carbonyl (C=O) groups is 1. The number of carbonyl (C=O) groups excluding carboxylic acids is 1. The van der Waals surface area contributed by atoms with Crippen LogP contribution >= 0.6 is 0 Å². The molecule has 6 rings (SSSR count). The number of hydrogen-bond donors (Lipinski definition) is 4. The van der Waals surface area contributed by atoms with Crippen LogP contribution in [0.15, 0.2) is 133 Å². The number of ether oxygens (including phenoxy) is 3. The Labute approximate surface area is 305 Å². The average Bonchev–Trinajstić information content (AvgIpc) is 3.19. The number of hydrogen-bond acceptors (Lipinski definition) is 7. The summed E-state index contributed by atoms with van der Waals surface area (Å²) in [5, 5.41) is 26.5. The highest BCUT2D eigenvalue weighted by molar-refractivity contribution is 5.89. The molecule has 0 unspecified atom stereocenters. The van der Waals surface area contributed by atoms with Gasteiger partial charge in [0.2, 0.25) is 0 Å². The van der Waals surface area contributed by atoms with Gasteiger partial charge in [-0.15, -0.1) is 0 Å². The Morgan fingerprint density at radius 1 is 0.788 bits per heavy atom. The van der Waals surface area contributed by atoms with Crippen LogP contribution < -0.4 is 15.4 Å². The van der Waals surface area contributed by atoms with Crippen molar-refractivity contribution in [1.82, 2.24) is 10.2 Å².